The van der Waals surface area contributed by atoms with E-state index in [0.29, 0.717) is 17.6 Å². The molecular formula is C18H23ClFN5O. The number of nitrogens with zero attached hydrogens (tertiary/aromatic N) is 3. The molecule has 140 valence electrons. The molecule has 6 nitrogen and oxygen atoms in total. The van der Waals surface area contributed by atoms with Crippen molar-refractivity contribution in [2.45, 2.75) is 38.5 Å². The Morgan fingerprint density at radius 2 is 1.85 bits per heavy atom. The minimum Gasteiger partial charge on any atom is -0.494 e. The lowest BCUT2D eigenvalue weighted by atomic mass is 10.0. The van der Waals surface area contributed by atoms with Gasteiger partial charge < -0.3 is 15.4 Å². The Kier molecular flexibility index (Phi) is 6.44. The van der Waals surface area contributed by atoms with Crippen LogP contribution in [-0.4, -0.2) is 28.6 Å². The maximum Gasteiger partial charge on any atom is 0.233 e. The largest absolute Gasteiger partial charge is 0.494 e. The van der Waals surface area contributed by atoms with Crippen LogP contribution in [0.1, 0.15) is 38.5 Å². The molecule has 2 N–H and O–H groups in total. The summed E-state index contributed by atoms with van der Waals surface area (Å²) in [6, 6.07) is 4.53. The lowest BCUT2D eigenvalue weighted by Crippen LogP contribution is -2.16. The van der Waals surface area contributed by atoms with Gasteiger partial charge in [0.25, 0.3) is 0 Å². The van der Waals surface area contributed by atoms with Gasteiger partial charge in [0.05, 0.1) is 7.11 Å². The van der Waals surface area contributed by atoms with Crippen LogP contribution in [0.2, 0.25) is 5.28 Å². The Labute approximate surface area is 157 Å². The van der Waals surface area contributed by atoms with E-state index in [-0.39, 0.29) is 17.0 Å². The third-order valence-corrected chi connectivity index (χ3v) is 4.71. The Hall–Kier alpha value is -2.15. The molecule has 0 spiro atoms. The number of benzene rings is 1. The average molecular weight is 380 g/mol. The highest BCUT2D eigenvalue weighted by atomic mass is 35.5. The zero-order valence-electron chi connectivity index (χ0n) is 14.8. The van der Waals surface area contributed by atoms with Gasteiger partial charge in [-0.1, -0.05) is 25.7 Å². The van der Waals surface area contributed by atoms with Gasteiger partial charge in [-0.05, 0) is 42.5 Å². The number of anilines is 3. The molecule has 1 aromatic heterocycles. The number of rotatable bonds is 6. The lowest BCUT2D eigenvalue weighted by Gasteiger charge is -2.15. The molecule has 0 saturated heterocycles. The van der Waals surface area contributed by atoms with Crippen LogP contribution in [-0.2, 0) is 0 Å². The summed E-state index contributed by atoms with van der Waals surface area (Å²) >= 11 is 6.01. The van der Waals surface area contributed by atoms with E-state index in [1.807, 2.05) is 0 Å². The number of nitrogens with one attached hydrogen (secondary N) is 2. The fraction of sp³-hybridized carbons (Fsp3) is 0.500. The molecule has 0 amide bonds. The second-order valence-electron chi connectivity index (χ2n) is 6.46. The number of hydrogen-bond donors (Lipinski definition) is 2. The molecule has 3 rings (SSSR count). The number of methoxy groups -OCH3 is 1. The Balaban J connectivity index is 1.66. The number of ether oxygens (including phenoxy) is 1. The second-order valence-corrected chi connectivity index (χ2v) is 6.80. The molecule has 0 radical (unpaired) electrons. The van der Waals surface area contributed by atoms with E-state index in [1.165, 1.54) is 57.8 Å². The molecule has 1 aliphatic rings. The summed E-state index contributed by atoms with van der Waals surface area (Å²) < 4.78 is 18.7. The number of hydrogen-bond acceptors (Lipinski definition) is 6. The smallest absolute Gasteiger partial charge is 0.233 e. The van der Waals surface area contributed by atoms with Crippen LogP contribution in [0.4, 0.5) is 22.0 Å². The van der Waals surface area contributed by atoms with Gasteiger partial charge in [-0.25, -0.2) is 4.39 Å². The quantitative estimate of drug-likeness (QED) is 0.702. The van der Waals surface area contributed by atoms with Gasteiger partial charge in [0.1, 0.15) is 0 Å². The van der Waals surface area contributed by atoms with Crippen molar-refractivity contribution in [1.29, 1.82) is 0 Å². The summed E-state index contributed by atoms with van der Waals surface area (Å²) in [7, 11) is 1.42. The summed E-state index contributed by atoms with van der Waals surface area (Å²) in [5, 5.41) is 6.28. The first-order valence-corrected chi connectivity index (χ1v) is 9.28. The van der Waals surface area contributed by atoms with Gasteiger partial charge >= 0.3 is 0 Å². The van der Waals surface area contributed by atoms with Crippen LogP contribution < -0.4 is 15.4 Å². The Morgan fingerprint density at radius 3 is 2.54 bits per heavy atom. The highest BCUT2D eigenvalue weighted by Crippen LogP contribution is 2.24. The normalized spacial score (nSPS) is 15.3. The number of aromatic nitrogens is 3. The zero-order valence-corrected chi connectivity index (χ0v) is 15.5. The maximum absolute atomic E-state index is 13.8. The van der Waals surface area contributed by atoms with Crippen molar-refractivity contribution in [1.82, 2.24) is 15.0 Å². The van der Waals surface area contributed by atoms with E-state index < -0.39 is 5.82 Å². The minimum absolute atomic E-state index is 0.0832. The molecule has 1 heterocycles. The van der Waals surface area contributed by atoms with E-state index in [0.717, 1.165) is 6.54 Å². The molecular weight excluding hydrogens is 357 g/mol. The fourth-order valence-electron chi connectivity index (χ4n) is 3.16. The SMILES string of the molecule is COc1ccc(Nc2nc(Cl)nc(NCC3CCCCCC3)n2)cc1F. The van der Waals surface area contributed by atoms with Crippen LogP contribution in [0, 0.1) is 11.7 Å². The monoisotopic (exact) mass is 379 g/mol. The maximum atomic E-state index is 13.8. The van der Waals surface area contributed by atoms with E-state index in [2.05, 4.69) is 25.6 Å². The molecule has 0 atom stereocenters. The van der Waals surface area contributed by atoms with Crippen molar-refractivity contribution in [3.8, 4) is 5.75 Å². The van der Waals surface area contributed by atoms with Crippen LogP contribution in [0.15, 0.2) is 18.2 Å². The molecule has 26 heavy (non-hydrogen) atoms. The predicted molar refractivity (Wildman–Crippen MR) is 101 cm³/mol. The molecule has 1 aliphatic carbocycles. The van der Waals surface area contributed by atoms with Crippen molar-refractivity contribution >= 4 is 29.2 Å². The van der Waals surface area contributed by atoms with Gasteiger partial charge in [0, 0.05) is 18.3 Å². The third-order valence-electron chi connectivity index (χ3n) is 4.54. The van der Waals surface area contributed by atoms with Crippen LogP contribution >= 0.6 is 11.6 Å². The molecule has 1 saturated carbocycles. The first-order chi connectivity index (χ1) is 12.6. The van der Waals surface area contributed by atoms with Gasteiger partial charge in [0.2, 0.25) is 17.2 Å². The van der Waals surface area contributed by atoms with E-state index in [9.17, 15) is 4.39 Å². The predicted octanol–water partition coefficient (Wildman–Crippen LogP) is 4.80. The summed E-state index contributed by atoms with van der Waals surface area (Å²) in [6.45, 7) is 0.816. The first kappa shape index (κ1) is 18.6. The molecule has 2 aromatic rings. The summed E-state index contributed by atoms with van der Waals surface area (Å²) in [5.74, 6) is 1.02. The fourth-order valence-corrected chi connectivity index (χ4v) is 3.32. The van der Waals surface area contributed by atoms with Gasteiger partial charge in [-0.2, -0.15) is 15.0 Å². The Bertz CT molecular complexity index is 738. The number of halogens is 2. The van der Waals surface area contributed by atoms with Crippen LogP contribution in [0.5, 0.6) is 5.75 Å². The Morgan fingerprint density at radius 1 is 1.12 bits per heavy atom. The topological polar surface area (TPSA) is 72.0 Å². The van der Waals surface area contributed by atoms with Crippen molar-refractivity contribution in [3.63, 3.8) is 0 Å². The highest BCUT2D eigenvalue weighted by Gasteiger charge is 2.13. The summed E-state index contributed by atoms with van der Waals surface area (Å²) in [4.78, 5) is 12.5. The molecule has 1 aromatic carbocycles. The molecule has 0 bridgehead atoms. The standard InChI is InChI=1S/C18H23ClFN5O/c1-26-15-9-8-13(10-14(15)20)22-18-24-16(19)23-17(25-18)21-11-12-6-4-2-3-5-7-12/h8-10,12H,2-7,11H2,1H3,(H2,21,22,23,24,25). The molecule has 8 heteroatoms. The van der Waals surface area contributed by atoms with Gasteiger partial charge in [-0.3, -0.25) is 0 Å². The van der Waals surface area contributed by atoms with Crippen LogP contribution in [0.3, 0.4) is 0 Å². The molecule has 1 fully saturated rings. The van der Waals surface area contributed by atoms with Gasteiger partial charge in [0.15, 0.2) is 11.6 Å². The zero-order chi connectivity index (χ0) is 18.4. The van der Waals surface area contributed by atoms with E-state index in [1.54, 1.807) is 6.07 Å². The van der Waals surface area contributed by atoms with Crippen molar-refractivity contribution in [2.24, 2.45) is 5.92 Å². The first-order valence-electron chi connectivity index (χ1n) is 8.90. The van der Waals surface area contributed by atoms with Crippen LogP contribution in [0.25, 0.3) is 0 Å². The van der Waals surface area contributed by atoms with Crippen molar-refractivity contribution < 1.29 is 9.13 Å². The van der Waals surface area contributed by atoms with E-state index in [4.69, 9.17) is 16.3 Å². The average Bonchev–Trinajstić information content (AvgIpc) is 2.88. The third kappa shape index (κ3) is 5.17. The van der Waals surface area contributed by atoms with Crippen molar-refractivity contribution in [2.75, 3.05) is 24.3 Å². The molecule has 0 unspecified atom stereocenters. The van der Waals surface area contributed by atoms with Gasteiger partial charge in [-0.15, -0.1) is 0 Å². The molecule has 0 aliphatic heterocycles. The van der Waals surface area contributed by atoms with Crippen molar-refractivity contribution in [3.05, 3.63) is 29.3 Å². The lowest BCUT2D eigenvalue weighted by molar-refractivity contribution is 0.386. The highest BCUT2D eigenvalue weighted by molar-refractivity contribution is 6.28. The van der Waals surface area contributed by atoms with E-state index >= 15 is 0 Å². The minimum atomic E-state index is -0.468. The second kappa shape index (κ2) is 8.98. The summed E-state index contributed by atoms with van der Waals surface area (Å²) in [6.07, 6.45) is 7.64. The summed E-state index contributed by atoms with van der Waals surface area (Å²) in [5.41, 5.74) is 0.500.